The Bertz CT molecular complexity index is 202. The molecule has 0 spiro atoms. The molecule has 3 unspecified atom stereocenters. The van der Waals surface area contributed by atoms with Gasteiger partial charge < -0.3 is 5.32 Å². The SMILES string of the molecule is ClC/C=C/CNCC1CC2CCC1C2. The minimum atomic E-state index is 0.635. The Labute approximate surface area is 91.9 Å². The summed E-state index contributed by atoms with van der Waals surface area (Å²) in [5, 5.41) is 3.50. The highest BCUT2D eigenvalue weighted by molar-refractivity contribution is 6.18. The summed E-state index contributed by atoms with van der Waals surface area (Å²) in [6.45, 7) is 2.20. The third-order valence-electron chi connectivity index (χ3n) is 3.81. The molecule has 0 heterocycles. The monoisotopic (exact) mass is 213 g/mol. The quantitative estimate of drug-likeness (QED) is 0.421. The lowest BCUT2D eigenvalue weighted by molar-refractivity contribution is 0.323. The van der Waals surface area contributed by atoms with Gasteiger partial charge in [0.2, 0.25) is 0 Å². The average Bonchev–Trinajstić information content (AvgIpc) is 2.79. The minimum absolute atomic E-state index is 0.635. The van der Waals surface area contributed by atoms with Crippen LogP contribution in [-0.4, -0.2) is 19.0 Å². The van der Waals surface area contributed by atoms with E-state index >= 15 is 0 Å². The van der Waals surface area contributed by atoms with E-state index in [9.17, 15) is 0 Å². The fraction of sp³-hybridized carbons (Fsp3) is 0.833. The van der Waals surface area contributed by atoms with E-state index in [2.05, 4.69) is 11.4 Å². The molecule has 0 aromatic carbocycles. The van der Waals surface area contributed by atoms with Crippen LogP contribution in [0.25, 0.3) is 0 Å². The second-order valence-corrected chi connectivity index (χ2v) is 5.03. The maximum Gasteiger partial charge on any atom is 0.0404 e. The van der Waals surface area contributed by atoms with Crippen LogP contribution in [0.3, 0.4) is 0 Å². The predicted molar refractivity (Wildman–Crippen MR) is 61.7 cm³/mol. The molecule has 3 atom stereocenters. The van der Waals surface area contributed by atoms with Gasteiger partial charge in [0, 0.05) is 12.4 Å². The second kappa shape index (κ2) is 5.18. The van der Waals surface area contributed by atoms with Crippen molar-refractivity contribution >= 4 is 11.6 Å². The maximum atomic E-state index is 5.54. The standard InChI is InChI=1S/C12H20ClN/c13-5-1-2-6-14-9-12-8-10-3-4-11(12)7-10/h1-2,10-12,14H,3-9H2/b2-1+. The molecular weight excluding hydrogens is 194 g/mol. The molecule has 2 fully saturated rings. The molecular formula is C12H20ClN. The molecule has 2 aliphatic carbocycles. The van der Waals surface area contributed by atoms with Crippen LogP contribution in [0.5, 0.6) is 0 Å². The molecule has 2 rings (SSSR count). The number of halogens is 1. The summed E-state index contributed by atoms with van der Waals surface area (Å²) in [6.07, 6.45) is 10.1. The number of hydrogen-bond acceptors (Lipinski definition) is 1. The Balaban J connectivity index is 1.60. The first-order chi connectivity index (χ1) is 6.90. The summed E-state index contributed by atoms with van der Waals surface area (Å²) in [5.74, 6) is 3.73. The van der Waals surface area contributed by atoms with Crippen molar-refractivity contribution in [2.45, 2.75) is 25.7 Å². The van der Waals surface area contributed by atoms with Crippen molar-refractivity contribution in [3.8, 4) is 0 Å². The van der Waals surface area contributed by atoms with Crippen molar-refractivity contribution in [2.75, 3.05) is 19.0 Å². The van der Waals surface area contributed by atoms with E-state index in [0.29, 0.717) is 5.88 Å². The predicted octanol–water partition coefficient (Wildman–Crippen LogP) is 2.81. The second-order valence-electron chi connectivity index (χ2n) is 4.72. The topological polar surface area (TPSA) is 12.0 Å². The van der Waals surface area contributed by atoms with Crippen molar-refractivity contribution in [1.82, 2.24) is 5.32 Å². The zero-order chi connectivity index (χ0) is 9.80. The van der Waals surface area contributed by atoms with Crippen LogP contribution in [0, 0.1) is 17.8 Å². The van der Waals surface area contributed by atoms with Gasteiger partial charge >= 0.3 is 0 Å². The largest absolute Gasteiger partial charge is 0.313 e. The number of allylic oxidation sites excluding steroid dienone is 1. The highest BCUT2D eigenvalue weighted by atomic mass is 35.5. The number of rotatable bonds is 5. The number of nitrogens with one attached hydrogen (secondary N) is 1. The first kappa shape index (κ1) is 10.5. The third-order valence-corrected chi connectivity index (χ3v) is 3.99. The van der Waals surface area contributed by atoms with Crippen molar-refractivity contribution in [1.29, 1.82) is 0 Å². The molecule has 2 aliphatic rings. The Kier molecular flexibility index (Phi) is 3.89. The van der Waals surface area contributed by atoms with Crippen molar-refractivity contribution < 1.29 is 0 Å². The van der Waals surface area contributed by atoms with Crippen LogP contribution in [0.4, 0.5) is 0 Å². The van der Waals surface area contributed by atoms with Gasteiger partial charge in [0.25, 0.3) is 0 Å². The van der Waals surface area contributed by atoms with Crippen molar-refractivity contribution in [2.24, 2.45) is 17.8 Å². The minimum Gasteiger partial charge on any atom is -0.313 e. The molecule has 80 valence electrons. The van der Waals surface area contributed by atoms with Gasteiger partial charge in [-0.25, -0.2) is 0 Å². The summed E-state index contributed by atoms with van der Waals surface area (Å²) >= 11 is 5.54. The summed E-state index contributed by atoms with van der Waals surface area (Å²) < 4.78 is 0. The average molecular weight is 214 g/mol. The first-order valence-corrected chi connectivity index (χ1v) is 6.35. The molecule has 2 heteroatoms. The molecule has 0 amide bonds. The van der Waals surface area contributed by atoms with Crippen LogP contribution in [0.2, 0.25) is 0 Å². The van der Waals surface area contributed by atoms with E-state index < -0.39 is 0 Å². The highest BCUT2D eigenvalue weighted by Crippen LogP contribution is 2.47. The van der Waals surface area contributed by atoms with Gasteiger partial charge in [-0.05, 0) is 43.6 Å². The summed E-state index contributed by atoms with van der Waals surface area (Å²) in [7, 11) is 0. The van der Waals surface area contributed by atoms with E-state index in [1.807, 2.05) is 6.08 Å². The van der Waals surface area contributed by atoms with Crippen molar-refractivity contribution in [3.05, 3.63) is 12.2 Å². The number of alkyl halides is 1. The molecule has 0 aromatic heterocycles. The van der Waals surface area contributed by atoms with E-state index in [1.54, 1.807) is 0 Å². The van der Waals surface area contributed by atoms with Gasteiger partial charge in [-0.2, -0.15) is 0 Å². The van der Waals surface area contributed by atoms with Gasteiger partial charge in [-0.3, -0.25) is 0 Å². The zero-order valence-electron chi connectivity index (χ0n) is 8.71. The number of fused-ring (bicyclic) bond motifs is 2. The smallest absolute Gasteiger partial charge is 0.0404 e. The van der Waals surface area contributed by atoms with E-state index in [-0.39, 0.29) is 0 Å². The maximum absolute atomic E-state index is 5.54. The van der Waals surface area contributed by atoms with E-state index in [0.717, 1.165) is 24.3 Å². The van der Waals surface area contributed by atoms with Gasteiger partial charge in [-0.1, -0.05) is 18.6 Å². The van der Waals surface area contributed by atoms with Crippen LogP contribution in [0.15, 0.2) is 12.2 Å². The van der Waals surface area contributed by atoms with E-state index in [1.165, 1.54) is 32.2 Å². The number of hydrogen-bond donors (Lipinski definition) is 1. The molecule has 0 aliphatic heterocycles. The molecule has 2 saturated carbocycles. The van der Waals surface area contributed by atoms with Crippen LogP contribution >= 0.6 is 11.6 Å². The Hall–Kier alpha value is -0.0100. The zero-order valence-corrected chi connectivity index (χ0v) is 9.47. The third kappa shape index (κ3) is 2.52. The van der Waals surface area contributed by atoms with Crippen molar-refractivity contribution in [3.63, 3.8) is 0 Å². The van der Waals surface area contributed by atoms with Crippen LogP contribution in [-0.2, 0) is 0 Å². The fourth-order valence-corrected chi connectivity index (χ4v) is 3.25. The fourth-order valence-electron chi connectivity index (χ4n) is 3.12. The molecule has 14 heavy (non-hydrogen) atoms. The summed E-state index contributed by atoms with van der Waals surface area (Å²) in [6, 6.07) is 0. The molecule has 1 nitrogen and oxygen atoms in total. The van der Waals surface area contributed by atoms with Gasteiger partial charge in [0.1, 0.15) is 0 Å². The highest BCUT2D eigenvalue weighted by Gasteiger charge is 2.38. The van der Waals surface area contributed by atoms with Gasteiger partial charge in [0.15, 0.2) is 0 Å². The Morgan fingerprint density at radius 2 is 2.14 bits per heavy atom. The van der Waals surface area contributed by atoms with Crippen LogP contribution < -0.4 is 5.32 Å². The molecule has 0 radical (unpaired) electrons. The Morgan fingerprint density at radius 1 is 1.21 bits per heavy atom. The summed E-state index contributed by atoms with van der Waals surface area (Å²) in [4.78, 5) is 0. The Morgan fingerprint density at radius 3 is 2.79 bits per heavy atom. The molecule has 0 saturated heterocycles. The lowest BCUT2D eigenvalue weighted by Gasteiger charge is -2.21. The first-order valence-electron chi connectivity index (χ1n) is 5.82. The normalized spacial score (nSPS) is 35.9. The lowest BCUT2D eigenvalue weighted by Crippen LogP contribution is -2.26. The molecule has 1 N–H and O–H groups in total. The van der Waals surface area contributed by atoms with Gasteiger partial charge in [0.05, 0.1) is 0 Å². The van der Waals surface area contributed by atoms with E-state index in [4.69, 9.17) is 11.6 Å². The van der Waals surface area contributed by atoms with Crippen LogP contribution in [0.1, 0.15) is 25.7 Å². The molecule has 2 bridgehead atoms. The van der Waals surface area contributed by atoms with Gasteiger partial charge in [-0.15, -0.1) is 11.6 Å². The summed E-state index contributed by atoms with van der Waals surface area (Å²) in [5.41, 5.74) is 0. The molecule has 0 aromatic rings. The lowest BCUT2D eigenvalue weighted by atomic mass is 9.89.